The van der Waals surface area contributed by atoms with Gasteiger partial charge in [0.2, 0.25) is 5.91 Å². The van der Waals surface area contributed by atoms with Crippen LogP contribution in [0.4, 0.5) is 5.82 Å². The van der Waals surface area contributed by atoms with Crippen LogP contribution >= 0.6 is 0 Å². The maximum absolute atomic E-state index is 12.4. The molecule has 0 radical (unpaired) electrons. The fraction of sp³-hybridized carbons (Fsp3) is 0.556. The highest BCUT2D eigenvalue weighted by Gasteiger charge is 2.14. The Morgan fingerprint density at radius 2 is 1.56 bits per heavy atom. The van der Waals surface area contributed by atoms with Crippen molar-refractivity contribution in [3.8, 4) is 0 Å². The maximum atomic E-state index is 12.4. The first-order valence-electron chi connectivity index (χ1n) is 12.4. The molecule has 1 heterocycles. The van der Waals surface area contributed by atoms with E-state index in [9.17, 15) is 9.59 Å². The maximum Gasteiger partial charge on any atom is 0.303 e. The van der Waals surface area contributed by atoms with Gasteiger partial charge in [-0.1, -0.05) is 75.8 Å². The first-order chi connectivity index (χ1) is 15.6. The van der Waals surface area contributed by atoms with Gasteiger partial charge in [-0.3, -0.25) is 9.59 Å². The van der Waals surface area contributed by atoms with E-state index >= 15 is 0 Å². The van der Waals surface area contributed by atoms with Gasteiger partial charge in [0, 0.05) is 29.3 Å². The number of amides is 1. The highest BCUT2D eigenvalue weighted by molar-refractivity contribution is 5.96. The summed E-state index contributed by atoms with van der Waals surface area (Å²) in [6, 6.07) is 7.75. The van der Waals surface area contributed by atoms with Crippen molar-refractivity contribution in [2.75, 3.05) is 5.32 Å². The van der Waals surface area contributed by atoms with Crippen molar-refractivity contribution in [1.29, 1.82) is 0 Å². The summed E-state index contributed by atoms with van der Waals surface area (Å²) in [5, 5.41) is 13.0. The van der Waals surface area contributed by atoms with Crippen molar-refractivity contribution in [2.24, 2.45) is 0 Å². The number of nitrogens with one attached hydrogen (secondary N) is 2. The Hall–Kier alpha value is -2.56. The average molecular weight is 441 g/mol. The minimum atomic E-state index is -0.838. The SMILES string of the molecule is CCCCCCC=CCCCCCCCC(=O)Nc1[nH]c2ccccc2c1CCC(=O)O. The molecule has 1 aromatic heterocycles. The zero-order valence-corrected chi connectivity index (χ0v) is 19.6. The van der Waals surface area contributed by atoms with Crippen LogP contribution in [0.15, 0.2) is 36.4 Å². The van der Waals surface area contributed by atoms with E-state index in [2.05, 4.69) is 29.4 Å². The minimum absolute atomic E-state index is 0.0147. The molecule has 3 N–H and O–H groups in total. The standard InChI is InChI=1S/C27H40N2O3/c1-2-3-4-5-6-7-8-9-10-11-12-13-14-19-25(30)29-27-23(20-21-26(31)32)22-17-15-16-18-24(22)28-27/h7-8,15-18,28H,2-6,9-14,19-21H2,1H3,(H,29,30)(H,31,32). The number of H-pyrrole nitrogens is 1. The number of rotatable bonds is 17. The summed E-state index contributed by atoms with van der Waals surface area (Å²) in [7, 11) is 0. The smallest absolute Gasteiger partial charge is 0.303 e. The lowest BCUT2D eigenvalue weighted by Crippen LogP contribution is -2.13. The number of aromatic amines is 1. The van der Waals surface area contributed by atoms with Crippen molar-refractivity contribution >= 4 is 28.6 Å². The molecule has 5 nitrogen and oxygen atoms in total. The topological polar surface area (TPSA) is 82.2 Å². The Balaban J connectivity index is 1.63. The third-order valence-electron chi connectivity index (χ3n) is 5.83. The number of benzene rings is 1. The molecule has 2 aromatic rings. The molecular formula is C27H40N2O3. The summed E-state index contributed by atoms with van der Waals surface area (Å²) in [5.41, 5.74) is 1.79. The molecule has 0 aliphatic heterocycles. The van der Waals surface area contributed by atoms with E-state index in [1.165, 1.54) is 44.9 Å². The Kier molecular flexibility index (Phi) is 12.3. The van der Waals surface area contributed by atoms with Crippen molar-refractivity contribution < 1.29 is 14.7 Å². The largest absolute Gasteiger partial charge is 0.481 e. The van der Waals surface area contributed by atoms with E-state index in [-0.39, 0.29) is 12.3 Å². The predicted octanol–water partition coefficient (Wildman–Crippen LogP) is 7.38. The van der Waals surface area contributed by atoms with Gasteiger partial charge < -0.3 is 15.4 Å². The normalized spacial score (nSPS) is 11.4. The van der Waals surface area contributed by atoms with Gasteiger partial charge in [-0.05, 0) is 44.6 Å². The fourth-order valence-corrected chi connectivity index (χ4v) is 4.00. The highest BCUT2D eigenvalue weighted by Crippen LogP contribution is 2.27. The Morgan fingerprint density at radius 3 is 2.28 bits per heavy atom. The molecule has 0 atom stereocenters. The summed E-state index contributed by atoms with van der Waals surface area (Å²) in [6.45, 7) is 2.24. The number of allylic oxidation sites excluding steroid dienone is 2. The van der Waals surface area contributed by atoms with E-state index in [4.69, 9.17) is 5.11 Å². The third kappa shape index (κ3) is 9.71. The summed E-state index contributed by atoms with van der Waals surface area (Å²) >= 11 is 0. The molecule has 0 saturated carbocycles. The van der Waals surface area contributed by atoms with Gasteiger partial charge in [-0.25, -0.2) is 0 Å². The molecule has 32 heavy (non-hydrogen) atoms. The van der Waals surface area contributed by atoms with Crippen LogP contribution in [-0.4, -0.2) is 22.0 Å². The number of carboxylic acids is 1. The second-order valence-corrected chi connectivity index (χ2v) is 8.59. The Bertz CT molecular complexity index is 854. The number of hydrogen-bond donors (Lipinski definition) is 3. The number of hydrogen-bond acceptors (Lipinski definition) is 2. The lowest BCUT2D eigenvalue weighted by atomic mass is 10.1. The molecule has 5 heteroatoms. The van der Waals surface area contributed by atoms with Gasteiger partial charge in [0.05, 0.1) is 0 Å². The number of carbonyl (C=O) groups excluding carboxylic acids is 1. The highest BCUT2D eigenvalue weighted by atomic mass is 16.4. The van der Waals surface area contributed by atoms with Crippen LogP contribution in [0.1, 0.15) is 96.0 Å². The summed E-state index contributed by atoms with van der Waals surface area (Å²) in [6.07, 6.45) is 18.8. The molecule has 1 aromatic carbocycles. The first kappa shape index (κ1) is 25.7. The quantitative estimate of drug-likeness (QED) is 0.177. The number of carboxylic acid groups (broad SMARTS) is 1. The van der Waals surface area contributed by atoms with Gasteiger partial charge in [-0.15, -0.1) is 0 Å². The van der Waals surface area contributed by atoms with E-state index in [0.717, 1.165) is 42.1 Å². The molecule has 0 aliphatic carbocycles. The summed E-state index contributed by atoms with van der Waals surface area (Å²) < 4.78 is 0. The number of para-hydroxylation sites is 1. The van der Waals surface area contributed by atoms with Gasteiger partial charge in [0.1, 0.15) is 5.82 Å². The van der Waals surface area contributed by atoms with Crippen LogP contribution in [0.3, 0.4) is 0 Å². The van der Waals surface area contributed by atoms with Crippen molar-refractivity contribution in [2.45, 2.75) is 96.8 Å². The van der Waals surface area contributed by atoms with Crippen LogP contribution in [0.25, 0.3) is 10.9 Å². The van der Waals surface area contributed by atoms with Crippen molar-refractivity contribution in [3.63, 3.8) is 0 Å². The monoisotopic (exact) mass is 440 g/mol. The number of carbonyl (C=O) groups is 2. The number of anilines is 1. The predicted molar refractivity (Wildman–Crippen MR) is 133 cm³/mol. The minimum Gasteiger partial charge on any atom is -0.481 e. The lowest BCUT2D eigenvalue weighted by molar-refractivity contribution is -0.136. The molecule has 0 bridgehead atoms. The second-order valence-electron chi connectivity index (χ2n) is 8.59. The average Bonchev–Trinajstić information content (AvgIpc) is 3.12. The molecule has 0 saturated heterocycles. The van der Waals surface area contributed by atoms with E-state index in [0.29, 0.717) is 18.7 Å². The fourth-order valence-electron chi connectivity index (χ4n) is 4.00. The van der Waals surface area contributed by atoms with Crippen LogP contribution in [-0.2, 0) is 16.0 Å². The number of aliphatic carboxylic acids is 1. The Morgan fingerprint density at radius 1 is 0.906 bits per heavy atom. The molecule has 0 aliphatic rings. The Labute approximate surface area is 192 Å². The zero-order valence-electron chi connectivity index (χ0n) is 19.6. The molecule has 1 amide bonds. The molecule has 0 fully saturated rings. The number of aromatic nitrogens is 1. The molecule has 2 rings (SSSR count). The molecule has 0 spiro atoms. The summed E-state index contributed by atoms with van der Waals surface area (Å²) in [5.74, 6) is -0.215. The van der Waals surface area contributed by atoms with E-state index < -0.39 is 5.97 Å². The van der Waals surface area contributed by atoms with Gasteiger partial charge >= 0.3 is 5.97 Å². The number of unbranched alkanes of at least 4 members (excludes halogenated alkanes) is 9. The van der Waals surface area contributed by atoms with E-state index in [1.54, 1.807) is 0 Å². The first-order valence-corrected chi connectivity index (χ1v) is 12.4. The summed E-state index contributed by atoms with van der Waals surface area (Å²) in [4.78, 5) is 26.7. The van der Waals surface area contributed by atoms with Gasteiger partial charge in [-0.2, -0.15) is 0 Å². The zero-order chi connectivity index (χ0) is 23.0. The number of fused-ring (bicyclic) bond motifs is 1. The van der Waals surface area contributed by atoms with Gasteiger partial charge in [0.25, 0.3) is 0 Å². The van der Waals surface area contributed by atoms with Crippen molar-refractivity contribution in [1.82, 2.24) is 4.98 Å². The lowest BCUT2D eigenvalue weighted by Gasteiger charge is -2.07. The molecule has 0 unspecified atom stereocenters. The van der Waals surface area contributed by atoms with Crippen LogP contribution in [0.5, 0.6) is 0 Å². The number of aryl methyl sites for hydroxylation is 1. The molecular weight excluding hydrogens is 400 g/mol. The van der Waals surface area contributed by atoms with Crippen LogP contribution in [0, 0.1) is 0 Å². The third-order valence-corrected chi connectivity index (χ3v) is 5.83. The molecule has 176 valence electrons. The van der Waals surface area contributed by atoms with Gasteiger partial charge in [0.15, 0.2) is 0 Å². The van der Waals surface area contributed by atoms with Crippen molar-refractivity contribution in [3.05, 3.63) is 42.0 Å². The van der Waals surface area contributed by atoms with Crippen LogP contribution < -0.4 is 5.32 Å². The second kappa shape index (κ2) is 15.3. The van der Waals surface area contributed by atoms with Crippen LogP contribution in [0.2, 0.25) is 0 Å². The van der Waals surface area contributed by atoms with E-state index in [1.807, 2.05) is 24.3 Å².